The van der Waals surface area contributed by atoms with Gasteiger partial charge >= 0.3 is 0 Å². The van der Waals surface area contributed by atoms with Crippen LogP contribution in [0.15, 0.2) is 36.5 Å². The maximum absolute atomic E-state index is 5.77. The Bertz CT molecular complexity index is 543. The molecule has 1 aromatic heterocycles. The largest absolute Gasteiger partial charge is 0.487 e. The van der Waals surface area contributed by atoms with Gasteiger partial charge in [-0.15, -0.1) is 0 Å². The molecule has 4 heteroatoms. The van der Waals surface area contributed by atoms with Crippen LogP contribution in [0, 0.1) is 0 Å². The molecule has 1 aromatic carbocycles. The van der Waals surface area contributed by atoms with Crippen molar-refractivity contribution in [1.29, 1.82) is 0 Å². The van der Waals surface area contributed by atoms with E-state index in [2.05, 4.69) is 31.1 Å². The normalized spacial score (nSPS) is 12.6. The van der Waals surface area contributed by atoms with E-state index in [4.69, 9.17) is 10.5 Å². The third-order valence-electron chi connectivity index (χ3n) is 3.39. The summed E-state index contributed by atoms with van der Waals surface area (Å²) in [6.45, 7) is 6.75. The van der Waals surface area contributed by atoms with E-state index in [9.17, 15) is 0 Å². The van der Waals surface area contributed by atoms with Crippen LogP contribution in [-0.4, -0.2) is 15.8 Å². The highest BCUT2D eigenvalue weighted by molar-refractivity contribution is 5.27. The molecule has 21 heavy (non-hydrogen) atoms. The minimum atomic E-state index is 0.247. The van der Waals surface area contributed by atoms with E-state index in [1.54, 1.807) is 0 Å². The molecule has 2 rings (SSSR count). The zero-order valence-electron chi connectivity index (χ0n) is 13.1. The molecule has 4 nitrogen and oxygen atoms in total. The number of nitrogens with zero attached hydrogens (tertiary/aromatic N) is 2. The fraction of sp³-hybridized carbons (Fsp3) is 0.471. The maximum Gasteiger partial charge on any atom is 0.132 e. The second-order valence-electron chi connectivity index (χ2n) is 5.83. The van der Waals surface area contributed by atoms with E-state index in [-0.39, 0.29) is 6.04 Å². The van der Waals surface area contributed by atoms with Crippen molar-refractivity contribution in [3.63, 3.8) is 0 Å². The molecule has 0 radical (unpaired) electrons. The summed E-state index contributed by atoms with van der Waals surface area (Å²) in [7, 11) is 0. The van der Waals surface area contributed by atoms with Crippen LogP contribution in [0.2, 0.25) is 0 Å². The minimum absolute atomic E-state index is 0.247. The number of aryl methyl sites for hydroxylation is 1. The van der Waals surface area contributed by atoms with Gasteiger partial charge in [-0.25, -0.2) is 0 Å². The first-order valence-corrected chi connectivity index (χ1v) is 7.56. The first-order chi connectivity index (χ1) is 10.0. The van der Waals surface area contributed by atoms with Crippen molar-refractivity contribution in [3.8, 4) is 5.75 Å². The zero-order chi connectivity index (χ0) is 15.2. The van der Waals surface area contributed by atoms with Gasteiger partial charge in [-0.3, -0.25) is 4.68 Å². The number of ether oxygens (including phenoxy) is 1. The van der Waals surface area contributed by atoms with Crippen LogP contribution < -0.4 is 10.5 Å². The maximum atomic E-state index is 5.77. The summed E-state index contributed by atoms with van der Waals surface area (Å²) in [5.41, 5.74) is 8.02. The molecule has 0 saturated carbocycles. The summed E-state index contributed by atoms with van der Waals surface area (Å²) in [6.07, 6.45) is 4.00. The molecule has 1 unspecified atom stereocenters. The number of hydrogen-bond donors (Lipinski definition) is 1. The van der Waals surface area contributed by atoms with Crippen LogP contribution in [0.1, 0.15) is 44.5 Å². The van der Waals surface area contributed by atoms with E-state index < -0.39 is 0 Å². The van der Waals surface area contributed by atoms with Crippen LogP contribution in [0.5, 0.6) is 5.75 Å². The summed E-state index contributed by atoms with van der Waals surface area (Å²) in [4.78, 5) is 0. The molecule has 2 N–H and O–H groups in total. The zero-order valence-corrected chi connectivity index (χ0v) is 13.1. The lowest BCUT2D eigenvalue weighted by atomic mass is 10.1. The average molecular weight is 287 g/mol. The van der Waals surface area contributed by atoms with Gasteiger partial charge in [0.25, 0.3) is 0 Å². The smallest absolute Gasteiger partial charge is 0.132 e. The highest BCUT2D eigenvalue weighted by Gasteiger charge is 2.03. The molecule has 0 aliphatic carbocycles. The van der Waals surface area contributed by atoms with Crippen LogP contribution >= 0.6 is 0 Å². The lowest BCUT2D eigenvalue weighted by molar-refractivity contribution is 0.298. The van der Waals surface area contributed by atoms with Gasteiger partial charge in [-0.05, 0) is 57.4 Å². The van der Waals surface area contributed by atoms with Crippen LogP contribution in [0.3, 0.4) is 0 Å². The predicted octanol–water partition coefficient (Wildman–Crippen LogP) is 3.32. The number of hydrogen-bond acceptors (Lipinski definition) is 3. The van der Waals surface area contributed by atoms with E-state index in [1.807, 2.05) is 36.0 Å². The summed E-state index contributed by atoms with van der Waals surface area (Å²) in [6, 6.07) is 10.8. The Morgan fingerprint density at radius 3 is 2.43 bits per heavy atom. The summed E-state index contributed by atoms with van der Waals surface area (Å²) in [5.74, 6) is 0.874. The number of nitrogens with two attached hydrogens (primary N) is 1. The molecule has 0 fully saturated rings. The highest BCUT2D eigenvalue weighted by Crippen LogP contribution is 2.15. The number of aromatic nitrogens is 2. The standard InChI is InChI=1S/C17H25N3O/c1-13(2)20-11-10-16(19-20)12-21-17-8-6-15(7-9-17)5-4-14(3)18/h6-11,13-14H,4-5,12,18H2,1-3H3. The second-order valence-corrected chi connectivity index (χ2v) is 5.83. The Kier molecular flexibility index (Phi) is 5.39. The highest BCUT2D eigenvalue weighted by atomic mass is 16.5. The van der Waals surface area contributed by atoms with E-state index in [0.29, 0.717) is 12.6 Å². The minimum Gasteiger partial charge on any atom is -0.487 e. The lowest BCUT2D eigenvalue weighted by Crippen LogP contribution is -2.15. The predicted molar refractivity (Wildman–Crippen MR) is 85.4 cm³/mol. The first-order valence-electron chi connectivity index (χ1n) is 7.56. The third kappa shape index (κ3) is 4.90. The van der Waals surface area contributed by atoms with Gasteiger partial charge in [-0.2, -0.15) is 5.10 Å². The van der Waals surface area contributed by atoms with Gasteiger partial charge < -0.3 is 10.5 Å². The molecule has 1 atom stereocenters. The Labute approximate surface area is 126 Å². The molecule has 0 saturated heterocycles. The Hall–Kier alpha value is -1.81. The molecule has 0 spiro atoms. The van der Waals surface area contributed by atoms with Crippen molar-refractivity contribution in [2.24, 2.45) is 5.73 Å². The SMILES string of the molecule is CC(N)CCc1ccc(OCc2ccn(C(C)C)n2)cc1. The summed E-state index contributed by atoms with van der Waals surface area (Å²) in [5, 5.41) is 4.47. The number of rotatable bonds is 7. The second kappa shape index (κ2) is 7.27. The third-order valence-corrected chi connectivity index (χ3v) is 3.39. The van der Waals surface area contributed by atoms with Gasteiger partial charge in [0.1, 0.15) is 12.4 Å². The van der Waals surface area contributed by atoms with Gasteiger partial charge in [-0.1, -0.05) is 12.1 Å². The quantitative estimate of drug-likeness (QED) is 0.850. The Morgan fingerprint density at radius 1 is 1.14 bits per heavy atom. The molecule has 0 aliphatic rings. The van der Waals surface area contributed by atoms with E-state index >= 15 is 0 Å². The van der Waals surface area contributed by atoms with E-state index in [1.165, 1.54) is 5.56 Å². The van der Waals surface area contributed by atoms with Crippen LogP contribution in [-0.2, 0) is 13.0 Å². The number of benzene rings is 1. The van der Waals surface area contributed by atoms with Crippen LogP contribution in [0.4, 0.5) is 0 Å². The molecular weight excluding hydrogens is 262 g/mol. The molecule has 114 valence electrons. The van der Waals surface area contributed by atoms with E-state index in [0.717, 1.165) is 24.3 Å². The van der Waals surface area contributed by atoms with Crippen molar-refractivity contribution in [2.75, 3.05) is 0 Å². The molecule has 1 heterocycles. The fourth-order valence-electron chi connectivity index (χ4n) is 2.05. The summed E-state index contributed by atoms with van der Waals surface area (Å²) >= 11 is 0. The van der Waals surface area contributed by atoms with Gasteiger partial charge in [0, 0.05) is 18.3 Å². The van der Waals surface area contributed by atoms with Gasteiger partial charge in [0.05, 0.1) is 5.69 Å². The van der Waals surface area contributed by atoms with Crippen molar-refractivity contribution < 1.29 is 4.74 Å². The molecule has 2 aromatic rings. The average Bonchev–Trinajstić information content (AvgIpc) is 2.93. The van der Waals surface area contributed by atoms with Crippen molar-refractivity contribution >= 4 is 0 Å². The van der Waals surface area contributed by atoms with Gasteiger partial charge in [0.2, 0.25) is 0 Å². The van der Waals surface area contributed by atoms with Crippen molar-refractivity contribution in [2.45, 2.75) is 52.3 Å². The topological polar surface area (TPSA) is 53.1 Å². The van der Waals surface area contributed by atoms with Crippen LogP contribution in [0.25, 0.3) is 0 Å². The Balaban J connectivity index is 1.85. The lowest BCUT2D eigenvalue weighted by Gasteiger charge is -2.08. The fourth-order valence-corrected chi connectivity index (χ4v) is 2.05. The van der Waals surface area contributed by atoms with Gasteiger partial charge in [0.15, 0.2) is 0 Å². The Morgan fingerprint density at radius 2 is 1.86 bits per heavy atom. The van der Waals surface area contributed by atoms with Crippen molar-refractivity contribution in [3.05, 3.63) is 47.8 Å². The molecule has 0 bridgehead atoms. The molecular formula is C17H25N3O. The molecule has 0 amide bonds. The monoisotopic (exact) mass is 287 g/mol. The summed E-state index contributed by atoms with van der Waals surface area (Å²) < 4.78 is 7.71. The first kappa shape index (κ1) is 15.6. The van der Waals surface area contributed by atoms with Crippen molar-refractivity contribution in [1.82, 2.24) is 9.78 Å². The molecule has 0 aliphatic heterocycles.